The van der Waals surface area contributed by atoms with Crippen molar-refractivity contribution in [2.24, 2.45) is 5.73 Å². The fraction of sp³-hybridized carbons (Fsp3) is 0.500. The van der Waals surface area contributed by atoms with E-state index in [9.17, 15) is 0 Å². The summed E-state index contributed by atoms with van der Waals surface area (Å²) in [5.74, 6) is 0. The van der Waals surface area contributed by atoms with Crippen LogP contribution < -0.4 is 5.73 Å². The third-order valence-corrected chi connectivity index (χ3v) is 0. The fourth-order valence-corrected chi connectivity index (χ4v) is 0. The zero-order valence-electron chi connectivity index (χ0n) is 1.99. The molecule has 0 aromatic rings. The summed E-state index contributed by atoms with van der Waals surface area (Å²) >= 11 is 0. The van der Waals surface area contributed by atoms with Gasteiger partial charge in [-0.05, 0) is 13.5 Å². The molecule has 0 bridgehead atoms. The standard InChI is InChI=1S/C2H6N.Ca.2H/c1-2-3;;;/h1-3H2;;;. The van der Waals surface area contributed by atoms with Crippen molar-refractivity contribution >= 4 is 37.7 Å². The second kappa shape index (κ2) is 8.88. The number of hydrogen-bond donors (Lipinski definition) is 1. The molecule has 0 aromatic heterocycles. The average molecular weight is 86.2 g/mol. The van der Waals surface area contributed by atoms with Crippen molar-refractivity contribution in [1.29, 1.82) is 0 Å². The van der Waals surface area contributed by atoms with Crippen LogP contribution in [0.15, 0.2) is 0 Å². The predicted octanol–water partition coefficient (Wildman–Crippen LogP) is -1.14. The number of hydrogen-bond acceptors (Lipinski definition) is 1. The van der Waals surface area contributed by atoms with Crippen LogP contribution in [0, 0.1) is 6.92 Å². The van der Waals surface area contributed by atoms with E-state index < -0.39 is 0 Å². The van der Waals surface area contributed by atoms with Gasteiger partial charge in [-0.25, -0.2) is 0 Å². The van der Waals surface area contributed by atoms with Gasteiger partial charge in [-0.2, -0.15) is 0 Å². The van der Waals surface area contributed by atoms with E-state index in [0.29, 0.717) is 6.54 Å². The van der Waals surface area contributed by atoms with Gasteiger partial charge in [-0.1, -0.05) is 0 Å². The van der Waals surface area contributed by atoms with Crippen molar-refractivity contribution in [2.45, 2.75) is 0 Å². The second-order valence-corrected chi connectivity index (χ2v) is 0.289. The zero-order chi connectivity index (χ0) is 2.71. The van der Waals surface area contributed by atoms with Gasteiger partial charge in [0.2, 0.25) is 0 Å². The van der Waals surface area contributed by atoms with Crippen molar-refractivity contribution in [3.05, 3.63) is 6.92 Å². The van der Waals surface area contributed by atoms with Gasteiger partial charge in [0.05, 0.1) is 0 Å². The van der Waals surface area contributed by atoms with E-state index in [1.807, 2.05) is 0 Å². The topological polar surface area (TPSA) is 26.0 Å². The molecule has 0 amide bonds. The normalized spacial score (nSPS) is 4.50. The van der Waals surface area contributed by atoms with Crippen LogP contribution in [0.1, 0.15) is 0 Å². The summed E-state index contributed by atoms with van der Waals surface area (Å²) < 4.78 is 0. The van der Waals surface area contributed by atoms with E-state index in [4.69, 9.17) is 5.73 Å². The van der Waals surface area contributed by atoms with Crippen LogP contribution in [-0.2, 0) is 0 Å². The maximum atomic E-state index is 4.74. The van der Waals surface area contributed by atoms with E-state index in [1.165, 1.54) is 0 Å². The maximum absolute atomic E-state index is 4.74. The van der Waals surface area contributed by atoms with E-state index in [1.54, 1.807) is 0 Å². The molecule has 4 heavy (non-hydrogen) atoms. The first-order valence-corrected chi connectivity index (χ1v) is 0.908. The molecule has 0 aliphatic carbocycles. The summed E-state index contributed by atoms with van der Waals surface area (Å²) in [6.07, 6.45) is 0. The molecule has 0 saturated carbocycles. The van der Waals surface area contributed by atoms with Crippen molar-refractivity contribution in [1.82, 2.24) is 0 Å². The van der Waals surface area contributed by atoms with Crippen LogP contribution in [0.2, 0.25) is 0 Å². The minimum atomic E-state index is 0. The molecule has 2 heteroatoms. The summed E-state index contributed by atoms with van der Waals surface area (Å²) in [7, 11) is 0. The van der Waals surface area contributed by atoms with Crippen molar-refractivity contribution in [3.63, 3.8) is 0 Å². The molecular weight excluding hydrogens is 78.1 g/mol. The average Bonchev–Trinajstić information content (AvgIpc) is 0.918. The van der Waals surface area contributed by atoms with Crippen molar-refractivity contribution in [2.75, 3.05) is 6.54 Å². The summed E-state index contributed by atoms with van der Waals surface area (Å²) in [6, 6.07) is 0. The van der Waals surface area contributed by atoms with Gasteiger partial charge < -0.3 is 5.73 Å². The fourth-order valence-electron chi connectivity index (χ4n) is 0. The Bertz CT molecular complexity index is 6.00. The molecule has 1 radical (unpaired) electrons. The van der Waals surface area contributed by atoms with Crippen LogP contribution in [-0.4, -0.2) is 44.3 Å². The Kier molecular flexibility index (Phi) is 19.9. The van der Waals surface area contributed by atoms with Crippen molar-refractivity contribution in [3.8, 4) is 0 Å². The molecule has 0 aliphatic heterocycles. The third kappa shape index (κ3) is 10.7. The van der Waals surface area contributed by atoms with Gasteiger partial charge in [-0.3, -0.25) is 0 Å². The molecule has 0 saturated heterocycles. The van der Waals surface area contributed by atoms with E-state index in [-0.39, 0.29) is 37.7 Å². The molecule has 23 valence electrons. The Morgan fingerprint density at radius 1 is 1.75 bits per heavy atom. The molecule has 0 aromatic carbocycles. The van der Waals surface area contributed by atoms with Gasteiger partial charge in [0, 0.05) is 0 Å². The Morgan fingerprint density at radius 2 is 1.75 bits per heavy atom. The predicted molar refractivity (Wildman–Crippen MR) is 23.0 cm³/mol. The molecule has 0 spiro atoms. The van der Waals surface area contributed by atoms with Crippen LogP contribution in [0.3, 0.4) is 0 Å². The minimum absolute atomic E-state index is 0. The van der Waals surface area contributed by atoms with E-state index >= 15 is 0 Å². The molecule has 0 heterocycles. The number of rotatable bonds is 0. The molecule has 0 atom stereocenters. The van der Waals surface area contributed by atoms with Crippen LogP contribution in [0.4, 0.5) is 0 Å². The Morgan fingerprint density at radius 3 is 1.75 bits per heavy atom. The van der Waals surface area contributed by atoms with Gasteiger partial charge in [-0.15, -0.1) is 0 Å². The molecular formula is C2H8CaN. The van der Waals surface area contributed by atoms with Gasteiger partial charge >= 0.3 is 37.7 Å². The SMILES string of the molecule is [CH2]CN.[CaH2]. The van der Waals surface area contributed by atoms with Gasteiger partial charge in [0.25, 0.3) is 0 Å². The molecule has 2 N–H and O–H groups in total. The van der Waals surface area contributed by atoms with E-state index in [2.05, 4.69) is 6.92 Å². The first kappa shape index (κ1) is 8.97. The van der Waals surface area contributed by atoms with Crippen LogP contribution in [0.25, 0.3) is 0 Å². The Hall–Kier alpha value is 1.22. The van der Waals surface area contributed by atoms with Crippen molar-refractivity contribution < 1.29 is 0 Å². The second-order valence-electron chi connectivity index (χ2n) is 0.289. The Balaban J connectivity index is 0. The number of nitrogens with two attached hydrogens (primary N) is 1. The summed E-state index contributed by atoms with van der Waals surface area (Å²) in [5.41, 5.74) is 4.74. The van der Waals surface area contributed by atoms with Crippen LogP contribution >= 0.6 is 0 Å². The first-order valence-electron chi connectivity index (χ1n) is 0.908. The molecule has 1 nitrogen and oxygen atoms in total. The molecule has 0 rings (SSSR count). The first-order chi connectivity index (χ1) is 1.41. The molecule has 0 aliphatic rings. The summed E-state index contributed by atoms with van der Waals surface area (Å²) in [5, 5.41) is 0. The Labute approximate surface area is 56.6 Å². The van der Waals surface area contributed by atoms with Crippen LogP contribution in [0.5, 0.6) is 0 Å². The summed E-state index contributed by atoms with van der Waals surface area (Å²) in [4.78, 5) is 0. The molecule has 0 fully saturated rings. The van der Waals surface area contributed by atoms with Gasteiger partial charge in [0.1, 0.15) is 0 Å². The van der Waals surface area contributed by atoms with Gasteiger partial charge in [0.15, 0.2) is 0 Å². The summed E-state index contributed by atoms with van der Waals surface area (Å²) in [6.45, 7) is 3.76. The third-order valence-electron chi connectivity index (χ3n) is 0. The monoisotopic (exact) mass is 86.0 g/mol. The molecule has 0 unspecified atom stereocenters. The zero-order valence-corrected chi connectivity index (χ0v) is 1.99. The quantitative estimate of drug-likeness (QED) is 0.371. The van der Waals surface area contributed by atoms with E-state index in [0.717, 1.165) is 0 Å².